The van der Waals surface area contributed by atoms with E-state index in [1.165, 1.54) is 40.9 Å². The van der Waals surface area contributed by atoms with E-state index in [0.717, 1.165) is 16.3 Å². The average Bonchev–Trinajstić information content (AvgIpc) is 3.22. The van der Waals surface area contributed by atoms with Crippen LogP contribution in [0.15, 0.2) is 70.6 Å². The average molecular weight is 351 g/mol. The maximum atomic E-state index is 13.1. The number of nitrogens with one attached hydrogen (secondary N) is 2. The molecule has 1 fully saturated rings. The third kappa shape index (κ3) is 2.85. The summed E-state index contributed by atoms with van der Waals surface area (Å²) in [5, 5.41) is 14.5. The molecule has 0 radical (unpaired) electrons. The Hall–Kier alpha value is -2.86. The van der Waals surface area contributed by atoms with E-state index in [4.69, 9.17) is 5.41 Å². The predicted octanol–water partition coefficient (Wildman–Crippen LogP) is 4.09. The van der Waals surface area contributed by atoms with Crippen molar-refractivity contribution in [3.63, 3.8) is 0 Å². The van der Waals surface area contributed by atoms with Gasteiger partial charge in [0.1, 0.15) is 11.7 Å². The van der Waals surface area contributed by atoms with Crippen LogP contribution in [0.25, 0.3) is 5.70 Å². The summed E-state index contributed by atoms with van der Waals surface area (Å²) >= 11 is 1.47. The summed E-state index contributed by atoms with van der Waals surface area (Å²) in [6, 6.07) is 15.5. The Balaban J connectivity index is 1.60. The summed E-state index contributed by atoms with van der Waals surface area (Å²) in [6.07, 6.45) is 0.154. The second kappa shape index (κ2) is 6.22. The van der Waals surface area contributed by atoms with Crippen molar-refractivity contribution in [2.45, 2.75) is 6.42 Å². The highest BCUT2D eigenvalue weighted by Gasteiger charge is 2.35. The van der Waals surface area contributed by atoms with Crippen molar-refractivity contribution in [1.82, 2.24) is 5.32 Å². The van der Waals surface area contributed by atoms with Crippen LogP contribution in [0.1, 0.15) is 12.0 Å². The van der Waals surface area contributed by atoms with E-state index in [1.807, 2.05) is 35.7 Å². The Kier molecular flexibility index (Phi) is 3.89. The fourth-order valence-electron chi connectivity index (χ4n) is 2.83. The SMILES string of the molecule is N=C1C(=C2NC(c3ccccc3)=CS2)CC(=O)N1c1ccc(F)cc1. The van der Waals surface area contributed by atoms with Gasteiger partial charge in [-0.15, -0.1) is 0 Å². The summed E-state index contributed by atoms with van der Waals surface area (Å²) < 4.78 is 13.1. The van der Waals surface area contributed by atoms with E-state index in [1.54, 1.807) is 0 Å². The molecule has 2 heterocycles. The van der Waals surface area contributed by atoms with Crippen LogP contribution in [0.4, 0.5) is 10.1 Å². The van der Waals surface area contributed by atoms with Crippen LogP contribution < -0.4 is 10.2 Å². The molecule has 1 amide bonds. The van der Waals surface area contributed by atoms with Gasteiger partial charge in [0.05, 0.1) is 22.8 Å². The maximum absolute atomic E-state index is 13.1. The lowest BCUT2D eigenvalue weighted by Crippen LogP contribution is -2.28. The zero-order chi connectivity index (χ0) is 17.4. The highest BCUT2D eigenvalue weighted by atomic mass is 32.2. The Morgan fingerprint density at radius 3 is 2.52 bits per heavy atom. The summed E-state index contributed by atoms with van der Waals surface area (Å²) in [5.41, 5.74) is 3.16. The Bertz CT molecular complexity index is 919. The summed E-state index contributed by atoms with van der Waals surface area (Å²) in [6.45, 7) is 0. The molecule has 2 aliphatic rings. The molecule has 0 saturated carbocycles. The molecule has 25 heavy (non-hydrogen) atoms. The van der Waals surface area contributed by atoms with Crippen molar-refractivity contribution in [3.8, 4) is 0 Å². The topological polar surface area (TPSA) is 56.2 Å². The summed E-state index contributed by atoms with van der Waals surface area (Å²) in [5.74, 6) is -0.422. The first-order valence-corrected chi connectivity index (χ1v) is 8.61. The molecule has 0 unspecified atom stereocenters. The molecule has 0 atom stereocenters. The lowest BCUT2D eigenvalue weighted by atomic mass is 10.2. The van der Waals surface area contributed by atoms with Crippen molar-refractivity contribution in [2.75, 3.05) is 4.90 Å². The van der Waals surface area contributed by atoms with Crippen LogP contribution in [-0.2, 0) is 4.79 Å². The van der Waals surface area contributed by atoms with E-state index < -0.39 is 0 Å². The smallest absolute Gasteiger partial charge is 0.237 e. The second-order valence-corrected chi connectivity index (χ2v) is 6.56. The van der Waals surface area contributed by atoms with Crippen LogP contribution in [0.5, 0.6) is 0 Å². The summed E-state index contributed by atoms with van der Waals surface area (Å²) in [7, 11) is 0. The predicted molar refractivity (Wildman–Crippen MR) is 98.4 cm³/mol. The fraction of sp³-hybridized carbons (Fsp3) is 0.0526. The van der Waals surface area contributed by atoms with Crippen molar-refractivity contribution < 1.29 is 9.18 Å². The van der Waals surface area contributed by atoms with Gasteiger partial charge in [-0.1, -0.05) is 42.1 Å². The molecule has 0 bridgehead atoms. The minimum absolute atomic E-state index is 0.134. The fourth-order valence-corrected chi connectivity index (χ4v) is 3.74. The Morgan fingerprint density at radius 2 is 1.80 bits per heavy atom. The molecule has 1 saturated heterocycles. The molecule has 2 aromatic rings. The van der Waals surface area contributed by atoms with Crippen LogP contribution in [-0.4, -0.2) is 11.7 Å². The lowest BCUT2D eigenvalue weighted by molar-refractivity contribution is -0.116. The zero-order valence-corrected chi connectivity index (χ0v) is 13.9. The van der Waals surface area contributed by atoms with Gasteiger partial charge in [0.25, 0.3) is 0 Å². The number of hydrogen-bond acceptors (Lipinski definition) is 4. The maximum Gasteiger partial charge on any atom is 0.237 e. The van der Waals surface area contributed by atoms with Gasteiger partial charge < -0.3 is 5.32 Å². The zero-order valence-electron chi connectivity index (χ0n) is 13.1. The number of benzene rings is 2. The quantitative estimate of drug-likeness (QED) is 0.857. The van der Waals surface area contributed by atoms with Crippen molar-refractivity contribution in [2.24, 2.45) is 0 Å². The molecular formula is C19H14FN3OS. The van der Waals surface area contributed by atoms with Crippen LogP contribution in [0.2, 0.25) is 0 Å². The van der Waals surface area contributed by atoms with Crippen molar-refractivity contribution >= 4 is 34.9 Å². The largest absolute Gasteiger partial charge is 0.349 e. The number of nitrogens with zero attached hydrogens (tertiary/aromatic N) is 1. The first-order valence-electron chi connectivity index (χ1n) is 7.73. The van der Waals surface area contributed by atoms with E-state index in [0.29, 0.717) is 11.3 Å². The van der Waals surface area contributed by atoms with Crippen molar-refractivity contribution in [1.29, 1.82) is 5.41 Å². The lowest BCUT2D eigenvalue weighted by Gasteiger charge is -2.16. The number of amides is 1. The third-order valence-electron chi connectivity index (χ3n) is 4.07. The van der Waals surface area contributed by atoms with E-state index in [9.17, 15) is 9.18 Å². The highest BCUT2D eigenvalue weighted by molar-refractivity contribution is 8.06. The monoisotopic (exact) mass is 351 g/mol. The van der Waals surface area contributed by atoms with Gasteiger partial charge in [-0.2, -0.15) is 0 Å². The molecule has 0 aromatic heterocycles. The molecule has 0 aliphatic carbocycles. The third-order valence-corrected chi connectivity index (χ3v) is 5.01. The second-order valence-electron chi connectivity index (χ2n) is 5.68. The van der Waals surface area contributed by atoms with Crippen LogP contribution >= 0.6 is 11.8 Å². The van der Waals surface area contributed by atoms with Gasteiger partial charge in [0.2, 0.25) is 5.91 Å². The molecule has 2 aliphatic heterocycles. The summed E-state index contributed by atoms with van der Waals surface area (Å²) in [4.78, 5) is 13.7. The van der Waals surface area contributed by atoms with E-state index in [2.05, 4.69) is 5.32 Å². The highest BCUT2D eigenvalue weighted by Crippen LogP contribution is 2.36. The molecule has 2 N–H and O–H groups in total. The van der Waals surface area contributed by atoms with Gasteiger partial charge >= 0.3 is 0 Å². The van der Waals surface area contributed by atoms with Crippen molar-refractivity contribution in [3.05, 3.63) is 82.0 Å². The van der Waals surface area contributed by atoms with E-state index in [-0.39, 0.29) is 24.0 Å². The number of amidine groups is 1. The normalized spacial score (nSPS) is 20.0. The first kappa shape index (κ1) is 15.7. The number of carbonyl (C=O) groups is 1. The molecule has 124 valence electrons. The van der Waals surface area contributed by atoms with E-state index >= 15 is 0 Å². The van der Waals surface area contributed by atoms with Crippen LogP contribution in [0.3, 0.4) is 0 Å². The van der Waals surface area contributed by atoms with Gasteiger partial charge in [0, 0.05) is 11.0 Å². The van der Waals surface area contributed by atoms with Gasteiger partial charge in [0.15, 0.2) is 0 Å². The Morgan fingerprint density at radius 1 is 1.08 bits per heavy atom. The molecule has 4 nitrogen and oxygen atoms in total. The number of halogens is 1. The number of carbonyl (C=O) groups excluding carboxylic acids is 1. The molecule has 2 aromatic carbocycles. The minimum Gasteiger partial charge on any atom is -0.349 e. The minimum atomic E-state index is -0.370. The molecule has 0 spiro atoms. The number of anilines is 1. The van der Waals surface area contributed by atoms with Crippen LogP contribution in [0, 0.1) is 11.2 Å². The van der Waals surface area contributed by atoms with Gasteiger partial charge in [-0.3, -0.25) is 15.1 Å². The molecule has 6 heteroatoms. The number of thioether (sulfide) groups is 1. The molecule has 4 rings (SSSR count). The van der Waals surface area contributed by atoms with Gasteiger partial charge in [-0.05, 0) is 29.8 Å². The first-order chi connectivity index (χ1) is 12.1. The number of hydrogen-bond donors (Lipinski definition) is 2. The Labute approximate surface area is 148 Å². The number of rotatable bonds is 2. The molecular weight excluding hydrogens is 337 g/mol. The van der Waals surface area contributed by atoms with Gasteiger partial charge in [-0.25, -0.2) is 4.39 Å². The standard InChI is InChI=1S/C19H14FN3OS/c20-13-6-8-14(9-7-13)23-17(24)10-15(18(23)21)19-22-16(11-25-19)12-4-2-1-3-5-12/h1-9,11,21-22H,10H2.